The molecule has 0 fully saturated rings. The second-order valence-electron chi connectivity index (χ2n) is 7.11. The highest BCUT2D eigenvalue weighted by Crippen LogP contribution is 2.27. The van der Waals surface area contributed by atoms with Crippen LogP contribution in [0.25, 0.3) is 0 Å². The SMILES string of the molecule is Cc1c(Cl)cccc1NC(=S)NC(C)(C)CC(C)(C)C. The highest BCUT2D eigenvalue weighted by Gasteiger charge is 2.26. The Morgan fingerprint density at radius 3 is 2.35 bits per heavy atom. The van der Waals surface area contributed by atoms with E-state index in [1.54, 1.807) is 0 Å². The van der Waals surface area contributed by atoms with Crippen LogP contribution in [0.1, 0.15) is 46.6 Å². The predicted octanol–water partition coefficient (Wildman–Crippen LogP) is 5.15. The molecule has 0 saturated heterocycles. The summed E-state index contributed by atoms with van der Waals surface area (Å²) in [4.78, 5) is 0. The summed E-state index contributed by atoms with van der Waals surface area (Å²) in [6.07, 6.45) is 1.02. The monoisotopic (exact) mass is 312 g/mol. The molecule has 4 heteroatoms. The number of nitrogens with one attached hydrogen (secondary N) is 2. The van der Waals surface area contributed by atoms with E-state index in [2.05, 4.69) is 45.3 Å². The number of halogens is 1. The average molecular weight is 313 g/mol. The summed E-state index contributed by atoms with van der Waals surface area (Å²) < 4.78 is 0. The Balaban J connectivity index is 2.70. The van der Waals surface area contributed by atoms with E-state index in [4.69, 9.17) is 23.8 Å². The van der Waals surface area contributed by atoms with E-state index in [9.17, 15) is 0 Å². The van der Waals surface area contributed by atoms with Gasteiger partial charge in [0.15, 0.2) is 5.11 Å². The number of anilines is 1. The molecule has 0 heterocycles. The zero-order valence-corrected chi connectivity index (χ0v) is 14.8. The second-order valence-corrected chi connectivity index (χ2v) is 7.93. The Bertz CT molecular complexity index is 490. The van der Waals surface area contributed by atoms with Gasteiger partial charge >= 0.3 is 0 Å². The number of hydrogen-bond acceptors (Lipinski definition) is 1. The lowest BCUT2D eigenvalue weighted by Gasteiger charge is -2.34. The van der Waals surface area contributed by atoms with Gasteiger partial charge in [-0.2, -0.15) is 0 Å². The van der Waals surface area contributed by atoms with Crippen molar-refractivity contribution in [2.75, 3.05) is 5.32 Å². The van der Waals surface area contributed by atoms with Gasteiger partial charge in [-0.05, 0) is 62.5 Å². The summed E-state index contributed by atoms with van der Waals surface area (Å²) in [5.41, 5.74) is 2.14. The fourth-order valence-corrected chi connectivity index (χ4v) is 3.13. The van der Waals surface area contributed by atoms with E-state index in [-0.39, 0.29) is 11.0 Å². The van der Waals surface area contributed by atoms with E-state index in [0.717, 1.165) is 22.7 Å². The standard InChI is InChI=1S/C16H25ClN2S/c1-11-12(17)8-7-9-13(11)18-14(20)19-16(5,6)10-15(2,3)4/h7-9H,10H2,1-6H3,(H2,18,19,20). The number of thiocarbonyl (C=S) groups is 1. The maximum Gasteiger partial charge on any atom is 0.171 e. The summed E-state index contributed by atoms with van der Waals surface area (Å²) >= 11 is 11.5. The first-order valence-electron chi connectivity index (χ1n) is 6.84. The molecular formula is C16H25ClN2S. The molecule has 1 aromatic rings. The number of hydrogen-bond donors (Lipinski definition) is 2. The molecular weight excluding hydrogens is 288 g/mol. The van der Waals surface area contributed by atoms with Gasteiger partial charge in [-0.1, -0.05) is 38.4 Å². The van der Waals surface area contributed by atoms with Gasteiger partial charge in [-0.25, -0.2) is 0 Å². The van der Waals surface area contributed by atoms with E-state index >= 15 is 0 Å². The highest BCUT2D eigenvalue weighted by atomic mass is 35.5. The molecule has 0 aliphatic rings. The molecule has 2 N–H and O–H groups in total. The van der Waals surface area contributed by atoms with Crippen LogP contribution in [0.4, 0.5) is 5.69 Å². The number of rotatable bonds is 3. The Labute approximate surface area is 133 Å². The summed E-state index contributed by atoms with van der Waals surface area (Å²) in [5, 5.41) is 7.99. The van der Waals surface area contributed by atoms with E-state index in [1.165, 1.54) is 0 Å². The van der Waals surface area contributed by atoms with Gasteiger partial charge in [-0.15, -0.1) is 0 Å². The summed E-state index contributed by atoms with van der Waals surface area (Å²) in [7, 11) is 0. The molecule has 0 aromatic heterocycles. The van der Waals surface area contributed by atoms with Crippen molar-refractivity contribution in [2.45, 2.75) is 53.5 Å². The normalized spacial score (nSPS) is 12.2. The molecule has 0 bridgehead atoms. The molecule has 1 aromatic carbocycles. The average Bonchev–Trinajstić information content (AvgIpc) is 2.20. The van der Waals surface area contributed by atoms with Crippen molar-refractivity contribution in [1.82, 2.24) is 5.32 Å². The minimum absolute atomic E-state index is 0.0607. The first-order valence-corrected chi connectivity index (χ1v) is 7.63. The molecule has 0 amide bonds. The van der Waals surface area contributed by atoms with Crippen LogP contribution in [0.5, 0.6) is 0 Å². The van der Waals surface area contributed by atoms with Crippen molar-refractivity contribution < 1.29 is 0 Å². The Kier molecular flexibility index (Phi) is 5.45. The molecule has 0 unspecified atom stereocenters. The summed E-state index contributed by atoms with van der Waals surface area (Å²) in [6, 6.07) is 5.77. The van der Waals surface area contributed by atoms with Crippen LogP contribution in [0.3, 0.4) is 0 Å². The van der Waals surface area contributed by atoms with E-state index < -0.39 is 0 Å². The second kappa shape index (κ2) is 6.31. The van der Waals surface area contributed by atoms with Gasteiger partial charge in [-0.3, -0.25) is 0 Å². The lowest BCUT2D eigenvalue weighted by Crippen LogP contribution is -2.47. The molecule has 0 radical (unpaired) electrons. The van der Waals surface area contributed by atoms with Crippen molar-refractivity contribution in [3.8, 4) is 0 Å². The molecule has 1 rings (SSSR count). The van der Waals surface area contributed by atoms with Crippen molar-refractivity contribution in [1.29, 1.82) is 0 Å². The van der Waals surface area contributed by atoms with E-state index in [1.807, 2.05) is 25.1 Å². The third kappa shape index (κ3) is 5.68. The summed E-state index contributed by atoms with van der Waals surface area (Å²) in [5.74, 6) is 0. The van der Waals surface area contributed by atoms with Crippen LogP contribution in [-0.4, -0.2) is 10.7 Å². The van der Waals surface area contributed by atoms with Gasteiger partial charge in [0.1, 0.15) is 0 Å². The molecule has 0 saturated carbocycles. The molecule has 20 heavy (non-hydrogen) atoms. The fraction of sp³-hybridized carbons (Fsp3) is 0.562. The quantitative estimate of drug-likeness (QED) is 0.755. The maximum absolute atomic E-state index is 6.11. The largest absolute Gasteiger partial charge is 0.358 e. The highest BCUT2D eigenvalue weighted by molar-refractivity contribution is 7.80. The maximum atomic E-state index is 6.11. The zero-order chi connectivity index (χ0) is 15.6. The van der Waals surface area contributed by atoms with Crippen molar-refractivity contribution >= 4 is 34.6 Å². The molecule has 0 atom stereocenters. The van der Waals surface area contributed by atoms with Crippen LogP contribution in [0.2, 0.25) is 5.02 Å². The van der Waals surface area contributed by atoms with Crippen molar-refractivity contribution in [3.63, 3.8) is 0 Å². The van der Waals surface area contributed by atoms with Crippen LogP contribution < -0.4 is 10.6 Å². The topological polar surface area (TPSA) is 24.1 Å². The Morgan fingerprint density at radius 1 is 1.20 bits per heavy atom. The molecule has 0 spiro atoms. The van der Waals surface area contributed by atoms with Gasteiger partial charge in [0.05, 0.1) is 0 Å². The minimum Gasteiger partial charge on any atom is -0.358 e. The van der Waals surface area contributed by atoms with Crippen LogP contribution in [0.15, 0.2) is 18.2 Å². The van der Waals surface area contributed by atoms with Crippen molar-refractivity contribution in [3.05, 3.63) is 28.8 Å². The number of benzene rings is 1. The zero-order valence-electron chi connectivity index (χ0n) is 13.2. The first-order chi connectivity index (χ1) is 9.00. The Morgan fingerprint density at radius 2 is 1.80 bits per heavy atom. The fourth-order valence-electron chi connectivity index (χ4n) is 2.57. The molecule has 0 aliphatic carbocycles. The summed E-state index contributed by atoms with van der Waals surface area (Å²) in [6.45, 7) is 13.0. The molecule has 112 valence electrons. The van der Waals surface area contributed by atoms with Crippen LogP contribution in [0, 0.1) is 12.3 Å². The van der Waals surface area contributed by atoms with Crippen molar-refractivity contribution in [2.24, 2.45) is 5.41 Å². The van der Waals surface area contributed by atoms with E-state index in [0.29, 0.717) is 5.11 Å². The predicted molar refractivity (Wildman–Crippen MR) is 93.7 cm³/mol. The third-order valence-corrected chi connectivity index (χ3v) is 3.55. The minimum atomic E-state index is -0.0607. The Hall–Kier alpha value is -0.800. The van der Waals surface area contributed by atoms with Gasteiger partial charge < -0.3 is 10.6 Å². The van der Waals surface area contributed by atoms with Gasteiger partial charge in [0.25, 0.3) is 0 Å². The molecule has 2 nitrogen and oxygen atoms in total. The van der Waals surface area contributed by atoms with Gasteiger partial charge in [0.2, 0.25) is 0 Å². The lowest BCUT2D eigenvalue weighted by molar-refractivity contribution is 0.268. The lowest BCUT2D eigenvalue weighted by atomic mass is 9.82. The first kappa shape index (κ1) is 17.3. The molecule has 0 aliphatic heterocycles. The van der Waals surface area contributed by atoms with Gasteiger partial charge in [0, 0.05) is 16.2 Å². The smallest absolute Gasteiger partial charge is 0.171 e. The third-order valence-electron chi connectivity index (χ3n) is 2.94. The van der Waals surface area contributed by atoms with Crippen LogP contribution >= 0.6 is 23.8 Å². The van der Waals surface area contributed by atoms with Crippen LogP contribution in [-0.2, 0) is 0 Å².